The molecule has 180 valence electrons. The summed E-state index contributed by atoms with van der Waals surface area (Å²) in [6, 6.07) is 11.8. The Kier molecular flexibility index (Phi) is 7.39. The van der Waals surface area contributed by atoms with E-state index in [-0.39, 0.29) is 48.7 Å². The molecule has 0 aliphatic carbocycles. The molecular formula is C26H28O8. The molecule has 4 aliphatic rings. The Morgan fingerprint density at radius 1 is 0.441 bits per heavy atom. The minimum atomic E-state index is -0.636. The van der Waals surface area contributed by atoms with E-state index in [1.807, 2.05) is 0 Å². The number of rotatable bonds is 0. The zero-order valence-corrected chi connectivity index (χ0v) is 19.7. The van der Waals surface area contributed by atoms with Crippen LogP contribution in [0.5, 0.6) is 0 Å². The molecule has 4 heterocycles. The van der Waals surface area contributed by atoms with Gasteiger partial charge in [-0.2, -0.15) is 0 Å². The van der Waals surface area contributed by atoms with Crippen molar-refractivity contribution in [3.63, 3.8) is 0 Å². The molecule has 6 rings (SSSR count). The molecule has 2 aromatic rings. The number of ether oxygens (including phenoxy) is 4. The van der Waals surface area contributed by atoms with Gasteiger partial charge in [-0.3, -0.25) is 0 Å². The van der Waals surface area contributed by atoms with Crippen LogP contribution in [0, 0.1) is 10.8 Å². The van der Waals surface area contributed by atoms with Crippen molar-refractivity contribution in [2.24, 2.45) is 10.8 Å². The first-order valence-corrected chi connectivity index (χ1v) is 10.8. The van der Waals surface area contributed by atoms with Crippen LogP contribution in [-0.2, 0) is 18.9 Å². The van der Waals surface area contributed by atoms with Crippen LogP contribution in [0.1, 0.15) is 69.1 Å². The summed E-state index contributed by atoms with van der Waals surface area (Å²) in [6.45, 7) is 7.26. The average molecular weight is 469 g/mol. The maximum Gasteiger partial charge on any atom is 0.338 e. The van der Waals surface area contributed by atoms with E-state index in [0.717, 1.165) is 0 Å². The van der Waals surface area contributed by atoms with E-state index in [4.69, 9.17) is 18.9 Å². The molecule has 0 N–H and O–H groups in total. The molecular weight excluding hydrogens is 440 g/mol. The second-order valence-corrected chi connectivity index (χ2v) is 9.79. The monoisotopic (exact) mass is 468 g/mol. The van der Waals surface area contributed by atoms with E-state index in [9.17, 15) is 19.2 Å². The predicted molar refractivity (Wildman–Crippen MR) is 122 cm³/mol. The van der Waals surface area contributed by atoms with Gasteiger partial charge in [-0.05, 0) is 48.5 Å². The van der Waals surface area contributed by atoms with Gasteiger partial charge in [-0.25, -0.2) is 19.2 Å². The lowest BCUT2D eigenvalue weighted by Gasteiger charge is -2.24. The minimum Gasteiger partial charge on any atom is -0.461 e. The van der Waals surface area contributed by atoms with E-state index < -0.39 is 34.7 Å². The summed E-state index contributed by atoms with van der Waals surface area (Å²) in [5.74, 6) is -2.22. The summed E-state index contributed by atoms with van der Waals surface area (Å²) in [5.41, 5.74) is -0.166. The Bertz CT molecular complexity index is 895. The lowest BCUT2D eigenvalue weighted by Crippen LogP contribution is -2.29. The van der Waals surface area contributed by atoms with Crippen molar-refractivity contribution in [2.75, 3.05) is 26.4 Å². The van der Waals surface area contributed by atoms with E-state index in [1.54, 1.807) is 27.7 Å². The van der Waals surface area contributed by atoms with Crippen LogP contribution in [0.15, 0.2) is 48.5 Å². The fourth-order valence-electron chi connectivity index (χ4n) is 2.95. The maximum absolute atomic E-state index is 12.4. The van der Waals surface area contributed by atoms with Gasteiger partial charge in [0.1, 0.15) is 0 Å². The summed E-state index contributed by atoms with van der Waals surface area (Å²) in [7, 11) is 0. The Morgan fingerprint density at radius 2 is 0.618 bits per heavy atom. The highest BCUT2D eigenvalue weighted by molar-refractivity contribution is 5.94. The van der Waals surface area contributed by atoms with Crippen molar-refractivity contribution in [2.45, 2.75) is 27.7 Å². The maximum atomic E-state index is 12.4. The summed E-state index contributed by atoms with van der Waals surface area (Å²) in [4.78, 5) is 49.6. The smallest absolute Gasteiger partial charge is 0.338 e. The minimum absolute atomic E-state index is 0.0166. The average Bonchev–Trinajstić information content (AvgIpc) is 2.83. The van der Waals surface area contributed by atoms with Crippen molar-refractivity contribution < 1.29 is 38.1 Å². The van der Waals surface area contributed by atoms with Gasteiger partial charge in [-0.1, -0.05) is 27.7 Å². The third kappa shape index (κ3) is 6.66. The van der Waals surface area contributed by atoms with Gasteiger partial charge in [0.15, 0.2) is 0 Å². The van der Waals surface area contributed by atoms with Gasteiger partial charge in [-0.15, -0.1) is 0 Å². The molecule has 0 saturated carbocycles. The predicted octanol–water partition coefficient (Wildman–Crippen LogP) is 4.08. The molecule has 0 unspecified atom stereocenters. The molecule has 0 radical (unpaired) electrons. The summed E-state index contributed by atoms with van der Waals surface area (Å²) in [5, 5.41) is 0. The van der Waals surface area contributed by atoms with Crippen molar-refractivity contribution in [3.05, 3.63) is 70.8 Å². The topological polar surface area (TPSA) is 105 Å². The van der Waals surface area contributed by atoms with Crippen LogP contribution >= 0.6 is 0 Å². The molecule has 4 aliphatic heterocycles. The molecule has 8 heteroatoms. The zero-order chi connectivity index (χ0) is 24.9. The number of carbonyl (C=O) groups is 4. The lowest BCUT2D eigenvalue weighted by molar-refractivity contribution is 0.00460. The van der Waals surface area contributed by atoms with Gasteiger partial charge in [0, 0.05) is 10.8 Å². The van der Waals surface area contributed by atoms with Crippen molar-refractivity contribution >= 4 is 23.9 Å². The Balaban J connectivity index is 1.81. The fourth-order valence-corrected chi connectivity index (χ4v) is 2.95. The van der Waals surface area contributed by atoms with Gasteiger partial charge in [0.25, 0.3) is 0 Å². The molecule has 8 nitrogen and oxygen atoms in total. The van der Waals surface area contributed by atoms with Gasteiger partial charge in [0.2, 0.25) is 0 Å². The molecule has 0 fully saturated rings. The molecule has 0 spiro atoms. The third-order valence-corrected chi connectivity index (χ3v) is 5.09. The summed E-state index contributed by atoms with van der Waals surface area (Å²) >= 11 is 0. The number of carbonyl (C=O) groups excluding carboxylic acids is 4. The second kappa shape index (κ2) is 10.1. The largest absolute Gasteiger partial charge is 0.461 e. The van der Waals surface area contributed by atoms with E-state index in [1.165, 1.54) is 48.5 Å². The van der Waals surface area contributed by atoms with Crippen LogP contribution in [0.2, 0.25) is 0 Å². The number of hydrogen-bond donors (Lipinski definition) is 0. The van der Waals surface area contributed by atoms with Crippen molar-refractivity contribution in [1.82, 2.24) is 0 Å². The standard InChI is InChI=1S/C26H28O8/c1-25(2)13-31-21(27)17-5-9-19(10-6-17)23(29)33-15-26(3,4)16-34-24(30)20-11-7-18(8-12-20)22(28)32-14-25/h5-12H,13-16H2,1-4H3. The number of benzene rings is 2. The molecule has 0 atom stereocenters. The van der Waals surface area contributed by atoms with Crippen LogP contribution in [0.4, 0.5) is 0 Å². The quantitative estimate of drug-likeness (QED) is 0.421. The SMILES string of the molecule is CC1(C)COC(=O)c2ccc(cc2)C(=O)OCC(C)(C)COC(=O)c2ccc(cc2)C(=O)OC1. The van der Waals surface area contributed by atoms with Crippen LogP contribution < -0.4 is 0 Å². The number of esters is 4. The normalized spacial score (nSPS) is 19.2. The molecule has 0 aromatic heterocycles. The van der Waals surface area contributed by atoms with Crippen LogP contribution in [0.3, 0.4) is 0 Å². The first-order valence-electron chi connectivity index (χ1n) is 10.8. The van der Waals surface area contributed by atoms with Crippen molar-refractivity contribution in [3.8, 4) is 0 Å². The summed E-state index contributed by atoms with van der Waals surface area (Å²) < 4.78 is 21.5. The van der Waals surface area contributed by atoms with Crippen molar-refractivity contribution in [1.29, 1.82) is 0 Å². The molecule has 0 amide bonds. The summed E-state index contributed by atoms with van der Waals surface area (Å²) in [6.07, 6.45) is 0. The lowest BCUT2D eigenvalue weighted by atomic mass is 9.96. The Labute approximate surface area is 198 Å². The first kappa shape index (κ1) is 25.0. The van der Waals surface area contributed by atoms with Gasteiger partial charge in [0.05, 0.1) is 48.7 Å². The van der Waals surface area contributed by atoms with Crippen LogP contribution in [0.25, 0.3) is 0 Å². The van der Waals surface area contributed by atoms with Gasteiger partial charge < -0.3 is 18.9 Å². The third-order valence-electron chi connectivity index (χ3n) is 5.09. The highest BCUT2D eigenvalue weighted by Gasteiger charge is 2.26. The zero-order valence-electron chi connectivity index (χ0n) is 19.7. The highest BCUT2D eigenvalue weighted by atomic mass is 16.6. The van der Waals surface area contributed by atoms with E-state index in [2.05, 4.69) is 0 Å². The molecule has 4 bridgehead atoms. The fraction of sp³-hybridized carbons (Fsp3) is 0.385. The van der Waals surface area contributed by atoms with Crippen LogP contribution in [-0.4, -0.2) is 50.3 Å². The molecule has 0 saturated heterocycles. The molecule has 34 heavy (non-hydrogen) atoms. The number of hydrogen-bond acceptors (Lipinski definition) is 8. The van der Waals surface area contributed by atoms with Gasteiger partial charge >= 0.3 is 23.9 Å². The Morgan fingerprint density at radius 3 is 0.794 bits per heavy atom. The first-order chi connectivity index (χ1) is 16.0. The second-order valence-electron chi connectivity index (χ2n) is 9.79. The highest BCUT2D eigenvalue weighted by Crippen LogP contribution is 2.21. The molecule has 2 aromatic carbocycles. The Hall–Kier alpha value is -3.68. The van der Waals surface area contributed by atoms with E-state index in [0.29, 0.717) is 0 Å². The van der Waals surface area contributed by atoms with E-state index >= 15 is 0 Å².